The van der Waals surface area contributed by atoms with E-state index >= 15 is 0 Å². The average molecular weight is 379 g/mol. The molecule has 0 fully saturated rings. The van der Waals surface area contributed by atoms with Gasteiger partial charge in [-0.05, 0) is 30.7 Å². The molecule has 3 aromatic heterocycles. The van der Waals surface area contributed by atoms with Crippen LogP contribution in [0.4, 0.5) is 0 Å². The number of rotatable bonds is 7. The van der Waals surface area contributed by atoms with Crippen molar-refractivity contribution in [3.63, 3.8) is 0 Å². The van der Waals surface area contributed by atoms with Gasteiger partial charge in [-0.3, -0.25) is 24.4 Å². The molecule has 0 aliphatic rings. The van der Waals surface area contributed by atoms with Gasteiger partial charge in [-0.25, -0.2) is 0 Å². The van der Waals surface area contributed by atoms with Crippen molar-refractivity contribution in [2.45, 2.75) is 19.4 Å². The first kappa shape index (κ1) is 18.9. The number of hydrogen-bond donors (Lipinski definition) is 2. The minimum Gasteiger partial charge on any atom is -0.363 e. The van der Waals surface area contributed by atoms with Gasteiger partial charge in [-0.15, -0.1) is 0 Å². The lowest BCUT2D eigenvalue weighted by Crippen LogP contribution is -2.47. The van der Waals surface area contributed by atoms with E-state index in [9.17, 15) is 14.4 Å². The van der Waals surface area contributed by atoms with Gasteiger partial charge in [0.25, 0.3) is 11.8 Å². The summed E-state index contributed by atoms with van der Waals surface area (Å²) in [5.41, 5.74) is 7.15. The topological polar surface area (TPSA) is 141 Å². The summed E-state index contributed by atoms with van der Waals surface area (Å²) in [5, 5.41) is 6.33. The molecule has 3 N–H and O–H groups in total. The molecule has 0 saturated heterocycles. The van der Waals surface area contributed by atoms with Crippen molar-refractivity contribution in [1.82, 2.24) is 20.4 Å². The lowest BCUT2D eigenvalue weighted by Gasteiger charge is -2.15. The highest BCUT2D eigenvalue weighted by Gasteiger charge is 2.29. The van der Waals surface area contributed by atoms with E-state index in [0.717, 1.165) is 0 Å². The molecule has 3 rings (SSSR count). The van der Waals surface area contributed by atoms with Crippen LogP contribution in [0, 0.1) is 6.92 Å². The van der Waals surface area contributed by atoms with Crippen molar-refractivity contribution in [2.75, 3.05) is 0 Å². The van der Waals surface area contributed by atoms with Gasteiger partial charge in [-0.2, -0.15) is 0 Å². The minimum atomic E-state index is -1.17. The molecule has 0 aliphatic heterocycles. The lowest BCUT2D eigenvalue weighted by molar-refractivity contribution is -0.137. The first-order valence-electron chi connectivity index (χ1n) is 8.38. The van der Waals surface area contributed by atoms with Crippen LogP contribution < -0.4 is 11.1 Å². The van der Waals surface area contributed by atoms with E-state index in [2.05, 4.69) is 20.4 Å². The number of nitrogens with zero attached hydrogens (tertiary/aromatic N) is 3. The van der Waals surface area contributed by atoms with E-state index in [-0.39, 0.29) is 12.2 Å². The molecule has 9 heteroatoms. The zero-order valence-corrected chi connectivity index (χ0v) is 15.0. The molecule has 28 heavy (non-hydrogen) atoms. The number of carbonyl (C=O) groups is 3. The predicted molar refractivity (Wildman–Crippen MR) is 97.9 cm³/mol. The Bertz CT molecular complexity index is 1000. The van der Waals surface area contributed by atoms with Gasteiger partial charge in [0, 0.05) is 25.0 Å². The largest absolute Gasteiger partial charge is 0.363 e. The van der Waals surface area contributed by atoms with Crippen molar-refractivity contribution >= 4 is 17.6 Å². The van der Waals surface area contributed by atoms with Crippen LogP contribution in [0.2, 0.25) is 0 Å². The zero-order chi connectivity index (χ0) is 20.1. The van der Waals surface area contributed by atoms with E-state index in [1.165, 1.54) is 6.20 Å². The Labute approximate surface area is 160 Å². The Kier molecular flexibility index (Phi) is 5.54. The fraction of sp³-hybridized carbons (Fsp3) is 0.158. The summed E-state index contributed by atoms with van der Waals surface area (Å²) in [6, 6.07) is 7.44. The summed E-state index contributed by atoms with van der Waals surface area (Å²) in [4.78, 5) is 44.6. The molecular formula is C19H17N5O4. The normalized spacial score (nSPS) is 11.6. The number of primary amides is 1. The highest BCUT2D eigenvalue weighted by Crippen LogP contribution is 2.25. The van der Waals surface area contributed by atoms with Crippen LogP contribution in [0.25, 0.3) is 11.3 Å². The number of aryl methyl sites for hydroxylation is 1. The summed E-state index contributed by atoms with van der Waals surface area (Å²) in [7, 11) is 0. The predicted octanol–water partition coefficient (Wildman–Crippen LogP) is 0.836. The molecule has 142 valence electrons. The summed E-state index contributed by atoms with van der Waals surface area (Å²) in [6.07, 6.45) is 4.73. The number of carbonyl (C=O) groups excluding carboxylic acids is 3. The van der Waals surface area contributed by atoms with E-state index in [1.54, 1.807) is 49.6 Å². The molecule has 2 amide bonds. The Morgan fingerprint density at radius 2 is 2.00 bits per heavy atom. The van der Waals surface area contributed by atoms with Crippen molar-refractivity contribution in [3.8, 4) is 11.3 Å². The van der Waals surface area contributed by atoms with Crippen LogP contribution >= 0.6 is 0 Å². The Hall–Kier alpha value is -3.88. The standard InChI is InChI=1S/C19H17N5O4/c1-11-15(13-6-2-3-8-22-13)17(28-24-11)19(27)23-14(16(25)18(20)26)9-12-5-4-7-21-10-12/h2-8,10,14H,9H2,1H3,(H2,20,26)(H,23,27). The number of aromatic nitrogens is 3. The third-order valence-corrected chi connectivity index (χ3v) is 4.02. The third-order valence-electron chi connectivity index (χ3n) is 4.02. The number of nitrogens with two attached hydrogens (primary N) is 1. The smallest absolute Gasteiger partial charge is 0.291 e. The maximum absolute atomic E-state index is 12.8. The molecule has 1 atom stereocenters. The summed E-state index contributed by atoms with van der Waals surface area (Å²) >= 11 is 0. The van der Waals surface area contributed by atoms with Gasteiger partial charge in [-0.1, -0.05) is 17.3 Å². The summed E-state index contributed by atoms with van der Waals surface area (Å²) in [6.45, 7) is 1.67. The number of nitrogens with one attached hydrogen (secondary N) is 1. The number of pyridine rings is 2. The van der Waals surface area contributed by atoms with Crippen molar-refractivity contribution in [2.24, 2.45) is 5.73 Å². The molecule has 9 nitrogen and oxygen atoms in total. The second-order valence-corrected chi connectivity index (χ2v) is 6.01. The van der Waals surface area contributed by atoms with Gasteiger partial charge in [0.15, 0.2) is 0 Å². The number of amides is 2. The zero-order valence-electron chi connectivity index (χ0n) is 15.0. The van der Waals surface area contributed by atoms with Crippen LogP contribution in [0.15, 0.2) is 53.4 Å². The fourth-order valence-electron chi connectivity index (χ4n) is 2.70. The first-order chi connectivity index (χ1) is 13.5. The minimum absolute atomic E-state index is 0.0490. The van der Waals surface area contributed by atoms with Gasteiger partial charge in [0.2, 0.25) is 11.5 Å². The quantitative estimate of drug-likeness (QED) is 0.579. The van der Waals surface area contributed by atoms with Gasteiger partial charge >= 0.3 is 0 Å². The van der Waals surface area contributed by atoms with Gasteiger partial charge in [0.05, 0.1) is 17.0 Å². The Morgan fingerprint density at radius 3 is 2.64 bits per heavy atom. The Morgan fingerprint density at radius 1 is 1.18 bits per heavy atom. The maximum atomic E-state index is 12.8. The van der Waals surface area contributed by atoms with E-state index in [4.69, 9.17) is 10.3 Å². The highest BCUT2D eigenvalue weighted by atomic mass is 16.5. The van der Waals surface area contributed by atoms with Crippen molar-refractivity contribution in [3.05, 3.63) is 65.9 Å². The molecule has 1 unspecified atom stereocenters. The molecule has 0 saturated carbocycles. The average Bonchev–Trinajstić information content (AvgIpc) is 3.09. The molecule has 3 heterocycles. The molecule has 3 aromatic rings. The van der Waals surface area contributed by atoms with Crippen molar-refractivity contribution < 1.29 is 18.9 Å². The van der Waals surface area contributed by atoms with Crippen LogP contribution in [-0.4, -0.2) is 38.8 Å². The van der Waals surface area contributed by atoms with E-state index < -0.39 is 23.6 Å². The van der Waals surface area contributed by atoms with E-state index in [0.29, 0.717) is 22.5 Å². The third kappa shape index (κ3) is 4.09. The van der Waals surface area contributed by atoms with Gasteiger partial charge in [0.1, 0.15) is 6.04 Å². The lowest BCUT2D eigenvalue weighted by atomic mass is 10.0. The number of hydrogen-bond acceptors (Lipinski definition) is 7. The maximum Gasteiger partial charge on any atom is 0.291 e. The summed E-state index contributed by atoms with van der Waals surface area (Å²) < 4.78 is 5.16. The monoisotopic (exact) mass is 379 g/mol. The second-order valence-electron chi connectivity index (χ2n) is 6.01. The number of ketones is 1. The van der Waals surface area contributed by atoms with Crippen LogP contribution in [0.5, 0.6) is 0 Å². The van der Waals surface area contributed by atoms with Crippen LogP contribution in [-0.2, 0) is 16.0 Å². The second kappa shape index (κ2) is 8.21. The molecule has 0 radical (unpaired) electrons. The molecule has 0 aliphatic carbocycles. The molecule has 0 bridgehead atoms. The summed E-state index contributed by atoms with van der Waals surface area (Å²) in [5.74, 6) is -2.88. The first-order valence-corrected chi connectivity index (χ1v) is 8.38. The SMILES string of the molecule is Cc1noc(C(=O)NC(Cc2cccnc2)C(=O)C(N)=O)c1-c1ccccn1. The van der Waals surface area contributed by atoms with Crippen LogP contribution in [0.1, 0.15) is 21.8 Å². The highest BCUT2D eigenvalue weighted by molar-refractivity contribution is 6.38. The van der Waals surface area contributed by atoms with E-state index in [1.807, 2.05) is 0 Å². The molecule has 0 spiro atoms. The van der Waals surface area contributed by atoms with Crippen LogP contribution in [0.3, 0.4) is 0 Å². The van der Waals surface area contributed by atoms with Crippen molar-refractivity contribution in [1.29, 1.82) is 0 Å². The number of Topliss-reactive ketones (excluding diaryl/α,β-unsaturated/α-hetero) is 1. The Balaban J connectivity index is 1.89. The molecular weight excluding hydrogens is 362 g/mol. The fourth-order valence-corrected chi connectivity index (χ4v) is 2.70. The molecule has 0 aromatic carbocycles. The van der Waals surface area contributed by atoms with Gasteiger partial charge < -0.3 is 15.6 Å².